The van der Waals surface area contributed by atoms with Gasteiger partial charge in [-0.1, -0.05) is 0 Å². The summed E-state index contributed by atoms with van der Waals surface area (Å²) in [5.74, 6) is 0.229. The van der Waals surface area contributed by atoms with Gasteiger partial charge in [0.05, 0.1) is 22.7 Å². The van der Waals surface area contributed by atoms with E-state index in [1.807, 2.05) is 6.07 Å². The van der Waals surface area contributed by atoms with Crippen LogP contribution >= 0.6 is 11.3 Å². The zero-order valence-corrected chi connectivity index (χ0v) is 13.5. The molecule has 3 rings (SSSR count). The standard InChI is InChI=1S/C17H13NO5S/c1-2-22-17(19)16-13(10-15(24-16)14-4-3-9-23-14)11-5-7-12(8-6-11)18(20)21/h3-10H,2H2,1H3. The third kappa shape index (κ3) is 3.07. The van der Waals surface area contributed by atoms with Crippen molar-refractivity contribution in [2.75, 3.05) is 6.61 Å². The van der Waals surface area contributed by atoms with Crippen molar-refractivity contribution in [1.82, 2.24) is 0 Å². The summed E-state index contributed by atoms with van der Waals surface area (Å²) in [4.78, 5) is 23.8. The fourth-order valence-corrected chi connectivity index (χ4v) is 3.30. The van der Waals surface area contributed by atoms with E-state index in [2.05, 4.69) is 0 Å². The van der Waals surface area contributed by atoms with Crippen LogP contribution in [0.2, 0.25) is 0 Å². The third-order valence-electron chi connectivity index (χ3n) is 3.35. The Morgan fingerprint density at radius 1 is 1.29 bits per heavy atom. The first-order valence-electron chi connectivity index (χ1n) is 7.19. The zero-order valence-electron chi connectivity index (χ0n) is 12.7. The van der Waals surface area contributed by atoms with E-state index in [-0.39, 0.29) is 12.3 Å². The van der Waals surface area contributed by atoms with Gasteiger partial charge in [0.2, 0.25) is 0 Å². The van der Waals surface area contributed by atoms with Gasteiger partial charge in [-0.2, -0.15) is 0 Å². The monoisotopic (exact) mass is 343 g/mol. The summed E-state index contributed by atoms with van der Waals surface area (Å²) >= 11 is 1.27. The molecule has 0 bridgehead atoms. The van der Waals surface area contributed by atoms with Crippen LogP contribution in [0.4, 0.5) is 5.69 Å². The summed E-state index contributed by atoms with van der Waals surface area (Å²) in [6.45, 7) is 2.01. The molecule has 0 aliphatic rings. The van der Waals surface area contributed by atoms with Gasteiger partial charge in [-0.15, -0.1) is 11.3 Å². The second-order valence-electron chi connectivity index (χ2n) is 4.86. The molecule has 7 heteroatoms. The number of non-ortho nitro benzene ring substituents is 1. The third-order valence-corrected chi connectivity index (χ3v) is 4.48. The Hall–Kier alpha value is -2.93. The predicted molar refractivity (Wildman–Crippen MR) is 90.1 cm³/mol. The van der Waals surface area contributed by atoms with Crippen LogP contribution in [0.3, 0.4) is 0 Å². The van der Waals surface area contributed by atoms with Gasteiger partial charge >= 0.3 is 5.97 Å². The van der Waals surface area contributed by atoms with E-state index in [1.54, 1.807) is 37.5 Å². The number of ether oxygens (including phenoxy) is 1. The molecule has 2 aromatic heterocycles. The molecule has 0 aliphatic carbocycles. The molecule has 3 aromatic rings. The highest BCUT2D eigenvalue weighted by Crippen LogP contribution is 2.38. The lowest BCUT2D eigenvalue weighted by Crippen LogP contribution is -2.03. The van der Waals surface area contributed by atoms with Crippen molar-refractivity contribution in [2.45, 2.75) is 6.92 Å². The molecule has 0 spiro atoms. The van der Waals surface area contributed by atoms with Crippen molar-refractivity contribution in [1.29, 1.82) is 0 Å². The number of carbonyl (C=O) groups excluding carboxylic acids is 1. The van der Waals surface area contributed by atoms with Gasteiger partial charge in [0.1, 0.15) is 10.6 Å². The number of nitro benzene ring substituents is 1. The number of hydrogen-bond donors (Lipinski definition) is 0. The summed E-state index contributed by atoms with van der Waals surface area (Å²) in [5.41, 5.74) is 1.37. The highest BCUT2D eigenvalue weighted by Gasteiger charge is 2.21. The Labute approximate surface area is 141 Å². The maximum Gasteiger partial charge on any atom is 0.348 e. The summed E-state index contributed by atoms with van der Waals surface area (Å²) in [5, 5.41) is 10.8. The maximum atomic E-state index is 12.2. The number of esters is 1. The molecule has 0 amide bonds. The van der Waals surface area contributed by atoms with E-state index in [1.165, 1.54) is 23.5 Å². The fraction of sp³-hybridized carbons (Fsp3) is 0.118. The Bertz CT molecular complexity index is 865. The lowest BCUT2D eigenvalue weighted by molar-refractivity contribution is -0.384. The van der Waals surface area contributed by atoms with Gasteiger partial charge in [0.25, 0.3) is 5.69 Å². The first-order valence-corrected chi connectivity index (χ1v) is 8.01. The average molecular weight is 343 g/mol. The molecule has 1 aromatic carbocycles. The number of carbonyl (C=O) groups is 1. The van der Waals surface area contributed by atoms with Crippen molar-refractivity contribution in [3.63, 3.8) is 0 Å². The lowest BCUT2D eigenvalue weighted by atomic mass is 10.1. The lowest BCUT2D eigenvalue weighted by Gasteiger charge is -2.03. The first kappa shape index (κ1) is 15.9. The van der Waals surface area contributed by atoms with E-state index < -0.39 is 10.9 Å². The first-order chi connectivity index (χ1) is 11.6. The topological polar surface area (TPSA) is 82.6 Å². The second kappa shape index (κ2) is 6.67. The molecular formula is C17H13NO5S. The van der Waals surface area contributed by atoms with Crippen LogP contribution in [-0.4, -0.2) is 17.5 Å². The predicted octanol–water partition coefficient (Wildman–Crippen LogP) is 4.76. The number of nitrogens with zero attached hydrogens (tertiary/aromatic N) is 1. The van der Waals surface area contributed by atoms with Crippen LogP contribution in [0.5, 0.6) is 0 Å². The van der Waals surface area contributed by atoms with Crippen LogP contribution in [0.1, 0.15) is 16.6 Å². The largest absolute Gasteiger partial charge is 0.464 e. The Balaban J connectivity index is 2.07. The van der Waals surface area contributed by atoms with Gasteiger partial charge in [-0.3, -0.25) is 10.1 Å². The number of nitro groups is 1. The molecule has 0 aliphatic heterocycles. The molecule has 6 nitrogen and oxygen atoms in total. The van der Waals surface area contributed by atoms with E-state index in [0.29, 0.717) is 21.8 Å². The minimum Gasteiger partial charge on any atom is -0.464 e. The van der Waals surface area contributed by atoms with Crippen LogP contribution in [-0.2, 0) is 4.74 Å². The molecule has 0 saturated carbocycles. The highest BCUT2D eigenvalue weighted by molar-refractivity contribution is 7.17. The van der Waals surface area contributed by atoms with E-state index in [0.717, 1.165) is 4.88 Å². The van der Waals surface area contributed by atoms with Crippen LogP contribution in [0.15, 0.2) is 53.1 Å². The summed E-state index contributed by atoms with van der Waals surface area (Å²) in [7, 11) is 0. The summed E-state index contributed by atoms with van der Waals surface area (Å²) in [6.07, 6.45) is 1.56. The quantitative estimate of drug-likeness (QED) is 0.379. The van der Waals surface area contributed by atoms with Gasteiger partial charge in [-0.25, -0.2) is 4.79 Å². The molecule has 0 unspecified atom stereocenters. The van der Waals surface area contributed by atoms with Gasteiger partial charge in [0.15, 0.2) is 0 Å². The molecular weight excluding hydrogens is 330 g/mol. The number of thiophene rings is 1. The zero-order chi connectivity index (χ0) is 17.1. The molecule has 0 fully saturated rings. The SMILES string of the molecule is CCOC(=O)c1sc(-c2ccco2)cc1-c1ccc([N+](=O)[O-])cc1. The highest BCUT2D eigenvalue weighted by atomic mass is 32.1. The van der Waals surface area contributed by atoms with E-state index in [4.69, 9.17) is 9.15 Å². The number of benzene rings is 1. The molecule has 24 heavy (non-hydrogen) atoms. The summed E-state index contributed by atoms with van der Waals surface area (Å²) in [6, 6.07) is 11.5. The summed E-state index contributed by atoms with van der Waals surface area (Å²) < 4.78 is 10.5. The molecule has 2 heterocycles. The van der Waals surface area contributed by atoms with Gasteiger partial charge in [0, 0.05) is 17.7 Å². The van der Waals surface area contributed by atoms with Crippen molar-refractivity contribution < 1.29 is 18.9 Å². The van der Waals surface area contributed by atoms with Crippen molar-refractivity contribution in [3.05, 3.63) is 63.7 Å². The number of furan rings is 1. The fourth-order valence-electron chi connectivity index (χ4n) is 2.26. The normalized spacial score (nSPS) is 10.5. The Morgan fingerprint density at radius 3 is 2.62 bits per heavy atom. The smallest absolute Gasteiger partial charge is 0.348 e. The molecule has 0 radical (unpaired) electrons. The number of hydrogen-bond acceptors (Lipinski definition) is 6. The van der Waals surface area contributed by atoms with Gasteiger partial charge in [-0.05, 0) is 42.8 Å². The van der Waals surface area contributed by atoms with Crippen LogP contribution in [0, 0.1) is 10.1 Å². The minimum absolute atomic E-state index is 0.00192. The molecule has 0 atom stereocenters. The minimum atomic E-state index is -0.460. The van der Waals surface area contributed by atoms with Gasteiger partial charge < -0.3 is 9.15 Å². The van der Waals surface area contributed by atoms with E-state index in [9.17, 15) is 14.9 Å². The second-order valence-corrected chi connectivity index (χ2v) is 5.91. The Kier molecular flexibility index (Phi) is 4.43. The molecule has 0 N–H and O–H groups in total. The van der Waals surface area contributed by atoms with Crippen molar-refractivity contribution in [3.8, 4) is 21.8 Å². The van der Waals surface area contributed by atoms with Crippen molar-refractivity contribution in [2.24, 2.45) is 0 Å². The van der Waals surface area contributed by atoms with E-state index >= 15 is 0 Å². The van der Waals surface area contributed by atoms with Crippen LogP contribution < -0.4 is 0 Å². The maximum absolute atomic E-state index is 12.2. The average Bonchev–Trinajstić information content (AvgIpc) is 3.24. The van der Waals surface area contributed by atoms with Crippen molar-refractivity contribution >= 4 is 23.0 Å². The Morgan fingerprint density at radius 2 is 2.04 bits per heavy atom. The molecule has 0 saturated heterocycles. The molecule has 122 valence electrons. The number of rotatable bonds is 5. The van der Waals surface area contributed by atoms with Crippen LogP contribution in [0.25, 0.3) is 21.8 Å².